The number of carbonyl (C=O) groups excluding carboxylic acids is 1. The van der Waals surface area contributed by atoms with Crippen molar-refractivity contribution in [3.63, 3.8) is 0 Å². The van der Waals surface area contributed by atoms with E-state index in [0.717, 1.165) is 12.0 Å². The molecule has 90 valence electrons. The molecule has 1 amide bonds. The van der Waals surface area contributed by atoms with Crippen LogP contribution in [0.2, 0.25) is 0 Å². The van der Waals surface area contributed by atoms with Crippen LogP contribution in [0.4, 0.5) is 0 Å². The van der Waals surface area contributed by atoms with Crippen molar-refractivity contribution in [3.8, 4) is 0 Å². The highest BCUT2D eigenvalue weighted by molar-refractivity contribution is 5.94. The van der Waals surface area contributed by atoms with Crippen molar-refractivity contribution in [2.75, 3.05) is 0 Å². The van der Waals surface area contributed by atoms with Gasteiger partial charge in [0.2, 0.25) is 0 Å². The molecule has 1 N–H and O–H groups in total. The first-order valence-corrected chi connectivity index (χ1v) is 5.40. The third-order valence-electron chi connectivity index (χ3n) is 2.49. The van der Waals surface area contributed by atoms with Crippen LogP contribution in [0.5, 0.6) is 0 Å². The lowest BCUT2D eigenvalue weighted by Gasteiger charge is -2.11. The molecule has 2 heterocycles. The van der Waals surface area contributed by atoms with Crippen LogP contribution in [0.25, 0.3) is 0 Å². The fraction of sp³-hybridized carbons (Fsp3) is 0.333. The molecule has 2 aromatic rings. The Kier molecular flexibility index (Phi) is 3.27. The topological polar surface area (TPSA) is 68.3 Å². The van der Waals surface area contributed by atoms with Gasteiger partial charge in [-0.25, -0.2) is 0 Å². The maximum absolute atomic E-state index is 11.8. The second kappa shape index (κ2) is 4.86. The fourth-order valence-corrected chi connectivity index (χ4v) is 1.63. The first-order valence-electron chi connectivity index (χ1n) is 5.40. The largest absolute Gasteiger partial charge is 0.472 e. The zero-order valence-corrected chi connectivity index (χ0v) is 9.77. The molecular formula is C12H14N2O3. The Bertz CT molecular complexity index is 488. The van der Waals surface area contributed by atoms with E-state index in [0.29, 0.717) is 11.3 Å². The predicted molar refractivity (Wildman–Crippen MR) is 60.6 cm³/mol. The summed E-state index contributed by atoms with van der Waals surface area (Å²) in [6.07, 6.45) is 5.45. The highest BCUT2D eigenvalue weighted by Crippen LogP contribution is 2.08. The van der Waals surface area contributed by atoms with Gasteiger partial charge < -0.3 is 14.3 Å². The minimum absolute atomic E-state index is 0.0226. The van der Waals surface area contributed by atoms with Crippen molar-refractivity contribution in [1.82, 2.24) is 10.5 Å². The lowest BCUT2D eigenvalue weighted by molar-refractivity contribution is 0.0938. The van der Waals surface area contributed by atoms with Crippen molar-refractivity contribution in [3.05, 3.63) is 41.7 Å². The van der Waals surface area contributed by atoms with Gasteiger partial charge in [0.15, 0.2) is 0 Å². The highest BCUT2D eigenvalue weighted by atomic mass is 16.5. The molecule has 0 aliphatic rings. The number of furan rings is 1. The molecule has 2 rings (SSSR count). The Labute approximate surface area is 98.8 Å². The van der Waals surface area contributed by atoms with E-state index in [9.17, 15) is 4.79 Å². The molecule has 0 saturated carbocycles. The highest BCUT2D eigenvalue weighted by Gasteiger charge is 2.15. The standard InChI is InChI=1S/C12H14N2O3/c1-8(5-10-3-4-16-7-10)14-12(15)11-6-13-17-9(11)2/h3-4,6-8H,5H2,1-2H3,(H,14,15). The average Bonchev–Trinajstić information content (AvgIpc) is 2.88. The van der Waals surface area contributed by atoms with E-state index >= 15 is 0 Å². The molecule has 1 atom stereocenters. The zero-order chi connectivity index (χ0) is 12.3. The summed E-state index contributed by atoms with van der Waals surface area (Å²) in [4.78, 5) is 11.8. The van der Waals surface area contributed by atoms with Gasteiger partial charge in [0.1, 0.15) is 11.3 Å². The Morgan fingerprint density at radius 2 is 2.41 bits per heavy atom. The van der Waals surface area contributed by atoms with Gasteiger partial charge in [-0.2, -0.15) is 0 Å². The zero-order valence-electron chi connectivity index (χ0n) is 9.77. The van der Waals surface area contributed by atoms with E-state index in [-0.39, 0.29) is 11.9 Å². The van der Waals surface area contributed by atoms with Crippen molar-refractivity contribution in [1.29, 1.82) is 0 Å². The van der Waals surface area contributed by atoms with Crippen LogP contribution in [0, 0.1) is 6.92 Å². The average molecular weight is 234 g/mol. The van der Waals surface area contributed by atoms with Crippen LogP contribution in [0.15, 0.2) is 33.7 Å². The SMILES string of the molecule is Cc1oncc1C(=O)NC(C)Cc1ccoc1. The monoisotopic (exact) mass is 234 g/mol. The number of hydrogen-bond donors (Lipinski definition) is 1. The summed E-state index contributed by atoms with van der Waals surface area (Å²) in [6, 6.07) is 1.90. The molecule has 0 fully saturated rings. The molecule has 0 radical (unpaired) electrons. The van der Waals surface area contributed by atoms with Crippen molar-refractivity contribution in [2.45, 2.75) is 26.3 Å². The minimum atomic E-state index is -0.167. The van der Waals surface area contributed by atoms with Gasteiger partial charge in [0.25, 0.3) is 5.91 Å². The number of aromatic nitrogens is 1. The van der Waals surface area contributed by atoms with Crippen LogP contribution in [-0.2, 0) is 6.42 Å². The maximum atomic E-state index is 11.8. The summed E-state index contributed by atoms with van der Waals surface area (Å²) >= 11 is 0. The Hall–Kier alpha value is -2.04. The molecule has 17 heavy (non-hydrogen) atoms. The molecular weight excluding hydrogens is 220 g/mol. The van der Waals surface area contributed by atoms with Crippen molar-refractivity contribution in [2.24, 2.45) is 0 Å². The summed E-state index contributed by atoms with van der Waals surface area (Å²) < 4.78 is 9.82. The number of amides is 1. The van der Waals surface area contributed by atoms with Gasteiger partial charge in [0, 0.05) is 6.04 Å². The summed E-state index contributed by atoms with van der Waals surface area (Å²) in [7, 11) is 0. The van der Waals surface area contributed by atoms with Gasteiger partial charge >= 0.3 is 0 Å². The van der Waals surface area contributed by atoms with Gasteiger partial charge in [-0.15, -0.1) is 0 Å². The lowest BCUT2D eigenvalue weighted by atomic mass is 10.1. The van der Waals surface area contributed by atoms with Gasteiger partial charge in [-0.05, 0) is 31.9 Å². The molecule has 0 aliphatic heterocycles. The van der Waals surface area contributed by atoms with Crippen LogP contribution in [0.1, 0.15) is 28.6 Å². The first kappa shape index (κ1) is 11.4. The summed E-state index contributed by atoms with van der Waals surface area (Å²) in [5.41, 5.74) is 1.53. The molecule has 1 unspecified atom stereocenters. The maximum Gasteiger partial charge on any atom is 0.256 e. The van der Waals surface area contributed by atoms with E-state index in [1.54, 1.807) is 19.5 Å². The molecule has 0 aliphatic carbocycles. The number of hydrogen-bond acceptors (Lipinski definition) is 4. The smallest absolute Gasteiger partial charge is 0.256 e. The molecule has 5 nitrogen and oxygen atoms in total. The molecule has 0 spiro atoms. The Morgan fingerprint density at radius 3 is 3.00 bits per heavy atom. The molecule has 0 bridgehead atoms. The van der Waals surface area contributed by atoms with Gasteiger partial charge in [0.05, 0.1) is 18.7 Å². The van der Waals surface area contributed by atoms with E-state index in [1.807, 2.05) is 13.0 Å². The molecule has 5 heteroatoms. The first-order chi connectivity index (χ1) is 8.16. The van der Waals surface area contributed by atoms with E-state index in [2.05, 4.69) is 10.5 Å². The predicted octanol–water partition coefficient (Wildman–Crippen LogP) is 1.94. The Balaban J connectivity index is 1.93. The van der Waals surface area contributed by atoms with Crippen LogP contribution in [0.3, 0.4) is 0 Å². The van der Waals surface area contributed by atoms with E-state index < -0.39 is 0 Å². The van der Waals surface area contributed by atoms with Gasteiger partial charge in [-0.3, -0.25) is 4.79 Å². The normalized spacial score (nSPS) is 12.4. The van der Waals surface area contributed by atoms with Crippen molar-refractivity contribution >= 4 is 5.91 Å². The Morgan fingerprint density at radius 1 is 1.59 bits per heavy atom. The van der Waals surface area contributed by atoms with Crippen LogP contribution < -0.4 is 5.32 Å². The van der Waals surface area contributed by atoms with Crippen LogP contribution >= 0.6 is 0 Å². The number of rotatable bonds is 4. The minimum Gasteiger partial charge on any atom is -0.472 e. The summed E-state index contributed by atoms with van der Waals surface area (Å²) in [5, 5.41) is 6.46. The molecule has 0 aromatic carbocycles. The number of aryl methyl sites for hydroxylation is 1. The summed E-state index contributed by atoms with van der Waals surface area (Å²) in [5.74, 6) is 0.359. The van der Waals surface area contributed by atoms with E-state index in [1.165, 1.54) is 6.20 Å². The molecule has 0 saturated heterocycles. The third-order valence-corrected chi connectivity index (χ3v) is 2.49. The van der Waals surface area contributed by atoms with Crippen molar-refractivity contribution < 1.29 is 13.7 Å². The van der Waals surface area contributed by atoms with Crippen LogP contribution in [-0.4, -0.2) is 17.1 Å². The second-order valence-electron chi connectivity index (χ2n) is 4.01. The van der Waals surface area contributed by atoms with Gasteiger partial charge in [-0.1, -0.05) is 5.16 Å². The van der Waals surface area contributed by atoms with E-state index in [4.69, 9.17) is 8.94 Å². The quantitative estimate of drug-likeness (QED) is 0.877. The number of carbonyl (C=O) groups is 1. The lowest BCUT2D eigenvalue weighted by Crippen LogP contribution is -2.34. The fourth-order valence-electron chi connectivity index (χ4n) is 1.63. The number of nitrogens with one attached hydrogen (secondary N) is 1. The molecule has 2 aromatic heterocycles. The third kappa shape index (κ3) is 2.75. The second-order valence-corrected chi connectivity index (χ2v) is 4.01. The summed E-state index contributed by atoms with van der Waals surface area (Å²) in [6.45, 7) is 3.65. The number of nitrogens with zero attached hydrogens (tertiary/aromatic N) is 1.